The molecule has 4 aromatic rings. The third-order valence-electron chi connectivity index (χ3n) is 5.74. The van der Waals surface area contributed by atoms with Crippen molar-refractivity contribution < 1.29 is 36.7 Å². The fourth-order valence-electron chi connectivity index (χ4n) is 3.92. The number of halogens is 3. The van der Waals surface area contributed by atoms with E-state index in [1.54, 1.807) is 6.07 Å². The van der Waals surface area contributed by atoms with Crippen molar-refractivity contribution in [1.29, 1.82) is 0 Å². The molecule has 2 heterocycles. The first-order valence-corrected chi connectivity index (χ1v) is 11.1. The van der Waals surface area contributed by atoms with E-state index in [1.807, 2.05) is 32.9 Å². The minimum absolute atomic E-state index is 0.155. The molecule has 0 amide bonds. The molecule has 6 nitrogen and oxygen atoms in total. The summed E-state index contributed by atoms with van der Waals surface area (Å²) in [5.41, 5.74) is 2.81. The van der Waals surface area contributed by atoms with Gasteiger partial charge in [0.1, 0.15) is 17.3 Å². The molecule has 0 aliphatic rings. The van der Waals surface area contributed by atoms with Crippen molar-refractivity contribution >= 4 is 16.9 Å². The zero-order valence-electron chi connectivity index (χ0n) is 19.4. The number of benzene rings is 2. The quantitative estimate of drug-likeness (QED) is 0.295. The summed E-state index contributed by atoms with van der Waals surface area (Å²) < 4.78 is 55.5. The first-order chi connectivity index (χ1) is 16.5. The Morgan fingerprint density at radius 1 is 1.11 bits per heavy atom. The van der Waals surface area contributed by atoms with Crippen molar-refractivity contribution in [3.8, 4) is 17.1 Å². The molecule has 2 aromatic heterocycles. The Labute approximate surface area is 199 Å². The van der Waals surface area contributed by atoms with Crippen LogP contribution in [-0.4, -0.2) is 22.8 Å². The maximum atomic E-state index is 12.9. The molecule has 0 saturated carbocycles. The second-order valence-corrected chi connectivity index (χ2v) is 8.64. The van der Waals surface area contributed by atoms with Crippen molar-refractivity contribution in [2.75, 3.05) is 6.61 Å². The highest BCUT2D eigenvalue weighted by molar-refractivity contribution is 5.82. The molecule has 0 bridgehead atoms. The van der Waals surface area contributed by atoms with Crippen LogP contribution in [0.5, 0.6) is 5.75 Å². The molecule has 2 aromatic carbocycles. The number of carbonyl (C=O) groups is 1. The van der Waals surface area contributed by atoms with Gasteiger partial charge in [-0.3, -0.25) is 0 Å². The van der Waals surface area contributed by atoms with Gasteiger partial charge in [0.2, 0.25) is 0 Å². The monoisotopic (exact) mass is 487 g/mol. The number of nitrogens with zero attached hydrogens (tertiary/aromatic N) is 1. The third-order valence-corrected chi connectivity index (χ3v) is 5.74. The zero-order chi connectivity index (χ0) is 25.3. The van der Waals surface area contributed by atoms with Crippen LogP contribution in [-0.2, 0) is 23.8 Å². The SMILES string of the molecule is Cc1cc2c(CCc3oc(-c4ccc(C(F)(F)F)cc4)cc3C(C)C)noc2cc1OCC(=O)O. The summed E-state index contributed by atoms with van der Waals surface area (Å²) in [6.45, 7) is 5.41. The summed E-state index contributed by atoms with van der Waals surface area (Å²) in [7, 11) is 0. The molecule has 0 fully saturated rings. The number of hydrogen-bond donors (Lipinski definition) is 1. The van der Waals surface area contributed by atoms with E-state index in [9.17, 15) is 18.0 Å². The lowest BCUT2D eigenvalue weighted by Crippen LogP contribution is -2.10. The van der Waals surface area contributed by atoms with Crippen molar-refractivity contribution in [1.82, 2.24) is 5.16 Å². The van der Waals surface area contributed by atoms with Gasteiger partial charge in [-0.15, -0.1) is 0 Å². The molecular weight excluding hydrogens is 463 g/mol. The third kappa shape index (κ3) is 5.34. The summed E-state index contributed by atoms with van der Waals surface area (Å²) in [6.07, 6.45) is -3.36. The van der Waals surface area contributed by atoms with Crippen LogP contribution in [0.25, 0.3) is 22.3 Å². The number of furan rings is 1. The van der Waals surface area contributed by atoms with Gasteiger partial charge in [-0.05, 0) is 48.2 Å². The van der Waals surface area contributed by atoms with Gasteiger partial charge < -0.3 is 18.8 Å². The van der Waals surface area contributed by atoms with Crippen LogP contribution in [0.2, 0.25) is 0 Å². The highest BCUT2D eigenvalue weighted by atomic mass is 19.4. The Kier molecular flexibility index (Phi) is 6.60. The lowest BCUT2D eigenvalue weighted by Gasteiger charge is -2.07. The minimum atomic E-state index is -4.39. The minimum Gasteiger partial charge on any atom is -0.481 e. The van der Waals surface area contributed by atoms with Crippen LogP contribution in [0, 0.1) is 6.92 Å². The lowest BCUT2D eigenvalue weighted by molar-refractivity contribution is -0.139. The first-order valence-electron chi connectivity index (χ1n) is 11.1. The van der Waals surface area contributed by atoms with Crippen LogP contribution >= 0.6 is 0 Å². The van der Waals surface area contributed by atoms with E-state index in [2.05, 4.69) is 5.16 Å². The molecule has 0 spiro atoms. The predicted octanol–water partition coefficient (Wildman–Crippen LogP) is 6.79. The van der Waals surface area contributed by atoms with Crippen LogP contribution < -0.4 is 4.74 Å². The van der Waals surface area contributed by atoms with Crippen LogP contribution in [0.3, 0.4) is 0 Å². The molecule has 0 unspecified atom stereocenters. The van der Waals surface area contributed by atoms with E-state index < -0.39 is 24.3 Å². The predicted molar refractivity (Wildman–Crippen MR) is 123 cm³/mol. The van der Waals surface area contributed by atoms with Crippen molar-refractivity contribution in [2.45, 2.75) is 45.7 Å². The fraction of sp³-hybridized carbons (Fsp3) is 0.308. The van der Waals surface area contributed by atoms with Gasteiger partial charge in [0.05, 0.1) is 11.3 Å². The van der Waals surface area contributed by atoms with Crippen LogP contribution in [0.4, 0.5) is 13.2 Å². The molecule has 0 radical (unpaired) electrons. The summed E-state index contributed by atoms with van der Waals surface area (Å²) in [4.78, 5) is 10.8. The molecule has 1 N–H and O–H groups in total. The number of fused-ring (bicyclic) bond motifs is 1. The van der Waals surface area contributed by atoms with E-state index >= 15 is 0 Å². The second kappa shape index (κ2) is 9.48. The Morgan fingerprint density at radius 2 is 1.83 bits per heavy atom. The average molecular weight is 487 g/mol. The van der Waals surface area contributed by atoms with Crippen LogP contribution in [0.15, 0.2) is 51.4 Å². The largest absolute Gasteiger partial charge is 0.481 e. The number of hydrogen-bond acceptors (Lipinski definition) is 5. The van der Waals surface area contributed by atoms with Gasteiger partial charge >= 0.3 is 12.1 Å². The number of alkyl halides is 3. The highest BCUT2D eigenvalue weighted by Gasteiger charge is 2.30. The summed E-state index contributed by atoms with van der Waals surface area (Å²) in [5, 5.41) is 13.8. The van der Waals surface area contributed by atoms with Crippen molar-refractivity contribution in [3.63, 3.8) is 0 Å². The number of aryl methyl sites for hydroxylation is 3. The zero-order valence-corrected chi connectivity index (χ0v) is 19.4. The van der Waals surface area contributed by atoms with Crippen LogP contribution in [0.1, 0.15) is 47.9 Å². The van der Waals surface area contributed by atoms with E-state index in [1.165, 1.54) is 12.1 Å². The smallest absolute Gasteiger partial charge is 0.416 e. The van der Waals surface area contributed by atoms with E-state index in [-0.39, 0.29) is 5.92 Å². The molecule has 0 saturated heterocycles. The van der Waals surface area contributed by atoms with Crippen molar-refractivity contribution in [2.24, 2.45) is 0 Å². The first kappa shape index (κ1) is 24.4. The topological polar surface area (TPSA) is 85.7 Å². The van der Waals surface area contributed by atoms with Gasteiger partial charge in [-0.25, -0.2) is 4.79 Å². The fourth-order valence-corrected chi connectivity index (χ4v) is 3.92. The number of aromatic nitrogens is 1. The van der Waals surface area contributed by atoms with Gasteiger partial charge in [0, 0.05) is 29.9 Å². The Morgan fingerprint density at radius 3 is 2.46 bits per heavy atom. The Balaban J connectivity index is 1.56. The summed E-state index contributed by atoms with van der Waals surface area (Å²) >= 11 is 0. The number of rotatable bonds is 8. The highest BCUT2D eigenvalue weighted by Crippen LogP contribution is 2.35. The molecule has 0 aliphatic heterocycles. The van der Waals surface area contributed by atoms with Crippen molar-refractivity contribution in [3.05, 3.63) is 70.6 Å². The summed E-state index contributed by atoms with van der Waals surface area (Å²) in [6, 6.07) is 10.3. The molecule has 9 heteroatoms. The van der Waals surface area contributed by atoms with E-state index in [4.69, 9.17) is 18.8 Å². The second-order valence-electron chi connectivity index (χ2n) is 8.64. The van der Waals surface area contributed by atoms with E-state index in [0.717, 1.165) is 40.1 Å². The molecule has 4 rings (SSSR count). The standard InChI is InChI=1S/C26H24F3NO5/c1-14(2)18-11-23(16-4-6-17(7-5-16)26(27,28)29)34-21(18)9-8-20-19-10-15(3)22(33-13-25(31)32)12-24(19)35-30-20/h4-7,10-12,14H,8-9,13H2,1-3H3,(H,31,32). The number of carboxylic acid groups (broad SMARTS) is 1. The maximum absolute atomic E-state index is 12.9. The molecule has 184 valence electrons. The van der Waals surface area contributed by atoms with Gasteiger partial charge in [0.15, 0.2) is 12.2 Å². The lowest BCUT2D eigenvalue weighted by atomic mass is 9.99. The Bertz CT molecular complexity index is 1350. The van der Waals surface area contributed by atoms with E-state index in [0.29, 0.717) is 35.5 Å². The Hall–Kier alpha value is -3.75. The summed E-state index contributed by atoms with van der Waals surface area (Å²) in [5.74, 6) is 0.750. The molecular formula is C26H24F3NO5. The van der Waals surface area contributed by atoms with Gasteiger partial charge in [-0.1, -0.05) is 31.1 Å². The van der Waals surface area contributed by atoms with Gasteiger partial charge in [-0.2, -0.15) is 13.2 Å². The normalized spacial score (nSPS) is 12.0. The average Bonchev–Trinajstić information content (AvgIpc) is 3.39. The number of ether oxygens (including phenoxy) is 1. The number of carboxylic acids is 1. The molecule has 35 heavy (non-hydrogen) atoms. The maximum Gasteiger partial charge on any atom is 0.416 e. The number of aliphatic carboxylic acids is 1. The molecule has 0 aliphatic carbocycles. The van der Waals surface area contributed by atoms with Gasteiger partial charge in [0.25, 0.3) is 0 Å². The molecule has 0 atom stereocenters.